The second-order valence-corrected chi connectivity index (χ2v) is 5.52. The first-order valence-electron chi connectivity index (χ1n) is 7.30. The molecule has 5 heteroatoms. The van der Waals surface area contributed by atoms with Gasteiger partial charge < -0.3 is 15.2 Å². The number of carboxylic acids is 1. The fourth-order valence-corrected chi connectivity index (χ4v) is 2.54. The molecule has 2 N–H and O–H groups in total. The van der Waals surface area contributed by atoms with E-state index in [-0.39, 0.29) is 12.3 Å². The van der Waals surface area contributed by atoms with E-state index < -0.39 is 11.5 Å². The Morgan fingerprint density at radius 2 is 1.95 bits per heavy atom. The van der Waals surface area contributed by atoms with Gasteiger partial charge in [0.2, 0.25) is 5.91 Å². The van der Waals surface area contributed by atoms with Crippen molar-refractivity contribution in [3.05, 3.63) is 30.3 Å². The molecule has 0 saturated heterocycles. The number of aliphatic carboxylic acids is 1. The van der Waals surface area contributed by atoms with E-state index in [2.05, 4.69) is 5.32 Å². The number of carbonyl (C=O) groups is 2. The van der Waals surface area contributed by atoms with Gasteiger partial charge in [0.1, 0.15) is 5.75 Å². The van der Waals surface area contributed by atoms with E-state index >= 15 is 0 Å². The molecule has 0 radical (unpaired) electrons. The van der Waals surface area contributed by atoms with Gasteiger partial charge in [0.25, 0.3) is 0 Å². The lowest BCUT2D eigenvalue weighted by Gasteiger charge is -2.41. The SMILES string of the molecule is O=C(O)CC1(NC(=O)CCCOc2ccccc2)CCC1. The first-order chi connectivity index (χ1) is 10.1. The molecule has 1 aromatic carbocycles. The van der Waals surface area contributed by atoms with Gasteiger partial charge in [-0.1, -0.05) is 18.2 Å². The van der Waals surface area contributed by atoms with Gasteiger partial charge >= 0.3 is 5.97 Å². The summed E-state index contributed by atoms with van der Waals surface area (Å²) in [5, 5.41) is 11.8. The van der Waals surface area contributed by atoms with Gasteiger partial charge in [0.05, 0.1) is 18.6 Å². The largest absolute Gasteiger partial charge is 0.494 e. The van der Waals surface area contributed by atoms with Crippen molar-refractivity contribution in [3.8, 4) is 5.75 Å². The summed E-state index contributed by atoms with van der Waals surface area (Å²) >= 11 is 0. The number of carboxylic acid groups (broad SMARTS) is 1. The van der Waals surface area contributed by atoms with Gasteiger partial charge in [-0.25, -0.2) is 0 Å². The van der Waals surface area contributed by atoms with Crippen LogP contribution in [0.4, 0.5) is 0 Å². The molecule has 1 aromatic rings. The van der Waals surface area contributed by atoms with Crippen LogP contribution in [0.15, 0.2) is 30.3 Å². The molecule has 2 rings (SSSR count). The highest BCUT2D eigenvalue weighted by molar-refractivity contribution is 5.78. The summed E-state index contributed by atoms with van der Waals surface area (Å²) in [6.07, 6.45) is 3.47. The maximum Gasteiger partial charge on any atom is 0.305 e. The van der Waals surface area contributed by atoms with E-state index in [0.717, 1.165) is 25.0 Å². The molecule has 0 atom stereocenters. The molecular weight excluding hydrogens is 270 g/mol. The second kappa shape index (κ2) is 7.11. The predicted molar refractivity (Wildman–Crippen MR) is 78.1 cm³/mol. The Balaban J connectivity index is 1.66. The minimum Gasteiger partial charge on any atom is -0.494 e. The minimum atomic E-state index is -0.859. The molecule has 0 bridgehead atoms. The van der Waals surface area contributed by atoms with Crippen molar-refractivity contribution >= 4 is 11.9 Å². The van der Waals surface area contributed by atoms with E-state index in [9.17, 15) is 9.59 Å². The summed E-state index contributed by atoms with van der Waals surface area (Å²) in [5.74, 6) is -0.158. The fraction of sp³-hybridized carbons (Fsp3) is 0.500. The molecule has 1 aliphatic rings. The summed E-state index contributed by atoms with van der Waals surface area (Å²) in [7, 11) is 0. The molecule has 0 spiro atoms. The first kappa shape index (κ1) is 15.4. The molecule has 1 fully saturated rings. The highest BCUT2D eigenvalue weighted by Crippen LogP contribution is 2.35. The molecule has 5 nitrogen and oxygen atoms in total. The normalized spacial score (nSPS) is 15.8. The first-order valence-corrected chi connectivity index (χ1v) is 7.30. The Morgan fingerprint density at radius 1 is 1.24 bits per heavy atom. The highest BCUT2D eigenvalue weighted by atomic mass is 16.5. The summed E-state index contributed by atoms with van der Waals surface area (Å²) in [6.45, 7) is 0.476. The van der Waals surface area contributed by atoms with E-state index in [1.165, 1.54) is 0 Å². The van der Waals surface area contributed by atoms with E-state index in [1.807, 2.05) is 30.3 Å². The van der Waals surface area contributed by atoms with Crippen molar-refractivity contribution in [1.29, 1.82) is 0 Å². The molecule has 21 heavy (non-hydrogen) atoms. The molecule has 1 aliphatic carbocycles. The van der Waals surface area contributed by atoms with Crippen molar-refractivity contribution in [3.63, 3.8) is 0 Å². The van der Waals surface area contributed by atoms with Crippen molar-refractivity contribution < 1.29 is 19.4 Å². The number of rotatable bonds is 8. The van der Waals surface area contributed by atoms with Gasteiger partial charge in [-0.05, 0) is 37.8 Å². The molecule has 0 aromatic heterocycles. The minimum absolute atomic E-state index is 0.0132. The lowest BCUT2D eigenvalue weighted by Crippen LogP contribution is -2.54. The fourth-order valence-electron chi connectivity index (χ4n) is 2.54. The van der Waals surface area contributed by atoms with Gasteiger partial charge in [0, 0.05) is 6.42 Å². The highest BCUT2D eigenvalue weighted by Gasteiger charge is 2.40. The Kier molecular flexibility index (Phi) is 5.20. The Labute approximate surface area is 124 Å². The Morgan fingerprint density at radius 3 is 2.52 bits per heavy atom. The van der Waals surface area contributed by atoms with Gasteiger partial charge in [-0.3, -0.25) is 9.59 Å². The number of hydrogen-bond donors (Lipinski definition) is 2. The zero-order valence-corrected chi connectivity index (χ0v) is 12.0. The molecule has 0 aliphatic heterocycles. The quantitative estimate of drug-likeness (QED) is 0.721. The molecule has 0 unspecified atom stereocenters. The van der Waals surface area contributed by atoms with E-state index in [1.54, 1.807) is 0 Å². The third-order valence-corrected chi connectivity index (χ3v) is 3.76. The summed E-state index contributed by atoms with van der Waals surface area (Å²) in [4.78, 5) is 22.7. The van der Waals surface area contributed by atoms with Crippen LogP contribution in [-0.2, 0) is 9.59 Å². The zero-order chi connectivity index (χ0) is 15.1. The van der Waals surface area contributed by atoms with Crippen molar-refractivity contribution in [2.24, 2.45) is 0 Å². The van der Waals surface area contributed by atoms with Crippen molar-refractivity contribution in [2.75, 3.05) is 6.61 Å². The van der Waals surface area contributed by atoms with Gasteiger partial charge in [0.15, 0.2) is 0 Å². The van der Waals surface area contributed by atoms with Crippen LogP contribution in [-0.4, -0.2) is 29.1 Å². The zero-order valence-electron chi connectivity index (χ0n) is 12.0. The number of carbonyl (C=O) groups excluding carboxylic acids is 1. The van der Waals surface area contributed by atoms with Crippen LogP contribution in [0.3, 0.4) is 0 Å². The Bertz CT molecular complexity index is 482. The van der Waals surface area contributed by atoms with Crippen LogP contribution in [0.5, 0.6) is 5.75 Å². The molecule has 114 valence electrons. The van der Waals surface area contributed by atoms with Crippen LogP contribution in [0, 0.1) is 0 Å². The predicted octanol–water partition coefficient (Wildman–Crippen LogP) is 2.36. The van der Waals surface area contributed by atoms with Crippen LogP contribution in [0.25, 0.3) is 0 Å². The lowest BCUT2D eigenvalue weighted by molar-refractivity contribution is -0.140. The third-order valence-electron chi connectivity index (χ3n) is 3.76. The molecule has 1 saturated carbocycles. The summed E-state index contributed by atoms with van der Waals surface area (Å²) in [5.41, 5.74) is -0.511. The maximum atomic E-state index is 11.9. The van der Waals surface area contributed by atoms with Crippen LogP contribution < -0.4 is 10.1 Å². The topological polar surface area (TPSA) is 75.6 Å². The number of benzene rings is 1. The summed E-state index contributed by atoms with van der Waals surface area (Å²) in [6, 6.07) is 9.45. The number of hydrogen-bond acceptors (Lipinski definition) is 3. The smallest absolute Gasteiger partial charge is 0.305 e. The standard InChI is InChI=1S/C16H21NO4/c18-14(17-16(9-5-10-16)12-15(19)20)8-4-11-21-13-6-2-1-3-7-13/h1-3,6-7H,4-5,8-12H2,(H,17,18)(H,19,20). The van der Waals surface area contributed by atoms with E-state index in [0.29, 0.717) is 19.4 Å². The average Bonchev–Trinajstić information content (AvgIpc) is 2.42. The second-order valence-electron chi connectivity index (χ2n) is 5.52. The van der Waals surface area contributed by atoms with Crippen LogP contribution in [0.2, 0.25) is 0 Å². The molecule has 0 heterocycles. The average molecular weight is 291 g/mol. The van der Waals surface area contributed by atoms with Crippen LogP contribution >= 0.6 is 0 Å². The number of ether oxygens (including phenoxy) is 1. The number of para-hydroxylation sites is 1. The van der Waals surface area contributed by atoms with Gasteiger partial charge in [-0.15, -0.1) is 0 Å². The van der Waals surface area contributed by atoms with Crippen LogP contribution in [0.1, 0.15) is 38.5 Å². The third kappa shape index (κ3) is 4.77. The van der Waals surface area contributed by atoms with Gasteiger partial charge in [-0.2, -0.15) is 0 Å². The summed E-state index contributed by atoms with van der Waals surface area (Å²) < 4.78 is 5.52. The lowest BCUT2D eigenvalue weighted by atomic mass is 9.74. The molecular formula is C16H21NO4. The van der Waals surface area contributed by atoms with E-state index in [4.69, 9.17) is 9.84 Å². The molecule has 1 amide bonds. The van der Waals surface area contributed by atoms with Crippen molar-refractivity contribution in [2.45, 2.75) is 44.1 Å². The maximum absolute atomic E-state index is 11.9. The monoisotopic (exact) mass is 291 g/mol. The number of nitrogens with one attached hydrogen (secondary N) is 1. The number of amides is 1. The Hall–Kier alpha value is -2.04. The van der Waals surface area contributed by atoms with Crippen molar-refractivity contribution in [1.82, 2.24) is 5.32 Å².